The van der Waals surface area contributed by atoms with Crippen molar-refractivity contribution in [3.05, 3.63) is 23.2 Å². The number of benzene rings is 1. The molecule has 0 bridgehead atoms. The molecule has 3 aromatic rings. The highest BCUT2D eigenvalue weighted by atomic mass is 35.5. The number of nitrogens with one attached hydrogen (secondary N) is 2. The van der Waals surface area contributed by atoms with E-state index in [1.54, 1.807) is 6.33 Å². The minimum absolute atomic E-state index is 0. The van der Waals surface area contributed by atoms with Crippen molar-refractivity contribution in [1.82, 2.24) is 24.4 Å². The lowest BCUT2D eigenvalue weighted by atomic mass is 10.2. The Hall–Kier alpha value is -1.06. The topological polar surface area (TPSA) is 61.8 Å². The number of halogens is 2. The zero-order valence-electron chi connectivity index (χ0n) is 15.8. The van der Waals surface area contributed by atoms with E-state index in [1.165, 1.54) is 24.6 Å². The molecule has 0 spiro atoms. The fourth-order valence-electron chi connectivity index (χ4n) is 3.50. The molecule has 3 heterocycles. The third kappa shape index (κ3) is 4.91. The normalized spacial score (nSPS) is 14.6. The van der Waals surface area contributed by atoms with Crippen molar-refractivity contribution >= 4 is 76.5 Å². The van der Waals surface area contributed by atoms with Crippen LogP contribution in [0.1, 0.15) is 13.3 Å². The van der Waals surface area contributed by atoms with Gasteiger partial charge in [-0.3, -0.25) is 0 Å². The fraction of sp³-hybridized carbons (Fsp3) is 0.500. The lowest BCUT2D eigenvalue weighted by Crippen LogP contribution is -2.34. The highest BCUT2D eigenvalue weighted by Crippen LogP contribution is 2.25. The SMILES string of the molecule is CCn1c(=S)[nH]c2cc3ncnc(NCCCN4CCSCC4)c3cc21.Cl.Cl. The van der Waals surface area contributed by atoms with E-state index < -0.39 is 0 Å². The van der Waals surface area contributed by atoms with Crippen molar-refractivity contribution in [2.24, 2.45) is 0 Å². The van der Waals surface area contributed by atoms with Crippen LogP contribution in [0.5, 0.6) is 0 Å². The molecule has 154 valence electrons. The van der Waals surface area contributed by atoms with Crippen molar-refractivity contribution in [2.45, 2.75) is 19.9 Å². The maximum Gasteiger partial charge on any atom is 0.178 e. The maximum atomic E-state index is 5.42. The summed E-state index contributed by atoms with van der Waals surface area (Å²) in [5.41, 5.74) is 3.06. The average molecular weight is 461 g/mol. The van der Waals surface area contributed by atoms with Crippen LogP contribution in [0.25, 0.3) is 21.9 Å². The van der Waals surface area contributed by atoms with Gasteiger partial charge in [0.15, 0.2) is 4.77 Å². The Morgan fingerprint density at radius 2 is 2.00 bits per heavy atom. The van der Waals surface area contributed by atoms with Crippen LogP contribution in [0, 0.1) is 4.77 Å². The van der Waals surface area contributed by atoms with Crippen molar-refractivity contribution in [3.63, 3.8) is 0 Å². The first-order chi connectivity index (χ1) is 12.8. The number of nitrogens with zero attached hydrogens (tertiary/aromatic N) is 4. The minimum Gasteiger partial charge on any atom is -0.369 e. The number of aryl methyl sites for hydroxylation is 1. The molecule has 28 heavy (non-hydrogen) atoms. The van der Waals surface area contributed by atoms with Crippen LogP contribution in [0.4, 0.5) is 5.82 Å². The standard InChI is InChI=1S/C18H24N6S2.2ClH/c1-2-24-16-10-13-14(11-15(16)22-18(24)25)20-12-21-17(13)19-4-3-5-23-6-8-26-9-7-23;;/h10-12H,2-9H2,1H3,(H,22,25)(H,19,20,21);2*1H. The van der Waals surface area contributed by atoms with Gasteiger partial charge in [0.2, 0.25) is 0 Å². The molecule has 1 saturated heterocycles. The van der Waals surface area contributed by atoms with E-state index in [2.05, 4.69) is 60.6 Å². The molecule has 0 atom stereocenters. The Morgan fingerprint density at radius 1 is 1.21 bits per heavy atom. The number of fused-ring (bicyclic) bond motifs is 2. The van der Waals surface area contributed by atoms with Gasteiger partial charge in [0.1, 0.15) is 12.1 Å². The summed E-state index contributed by atoms with van der Waals surface area (Å²) in [5, 5.41) is 4.55. The van der Waals surface area contributed by atoms with Gasteiger partial charge in [0, 0.05) is 43.1 Å². The number of aromatic amines is 1. The van der Waals surface area contributed by atoms with Gasteiger partial charge in [-0.05, 0) is 44.2 Å². The number of anilines is 1. The number of aromatic nitrogens is 4. The average Bonchev–Trinajstić information content (AvgIpc) is 2.98. The van der Waals surface area contributed by atoms with Crippen LogP contribution >= 0.6 is 48.8 Å². The minimum atomic E-state index is 0. The summed E-state index contributed by atoms with van der Waals surface area (Å²) < 4.78 is 2.86. The second-order valence-electron chi connectivity index (χ2n) is 6.52. The number of rotatable bonds is 6. The van der Waals surface area contributed by atoms with Crippen molar-refractivity contribution in [1.29, 1.82) is 0 Å². The Morgan fingerprint density at radius 3 is 2.75 bits per heavy atom. The molecule has 4 rings (SSSR count). The van der Waals surface area contributed by atoms with Crippen LogP contribution in [0.15, 0.2) is 18.5 Å². The molecule has 1 aliphatic heterocycles. The van der Waals surface area contributed by atoms with Crippen molar-refractivity contribution in [2.75, 3.05) is 43.0 Å². The van der Waals surface area contributed by atoms with E-state index in [1.807, 2.05) is 0 Å². The zero-order valence-corrected chi connectivity index (χ0v) is 19.1. The van der Waals surface area contributed by atoms with Gasteiger partial charge >= 0.3 is 0 Å². The quantitative estimate of drug-likeness (QED) is 0.420. The van der Waals surface area contributed by atoms with E-state index in [0.717, 1.165) is 58.6 Å². The highest BCUT2D eigenvalue weighted by molar-refractivity contribution is 7.99. The summed E-state index contributed by atoms with van der Waals surface area (Å²) in [5.74, 6) is 3.43. The molecular weight excluding hydrogens is 435 g/mol. The largest absolute Gasteiger partial charge is 0.369 e. The molecule has 0 aliphatic carbocycles. The number of thioether (sulfide) groups is 1. The molecule has 1 aliphatic rings. The van der Waals surface area contributed by atoms with E-state index in [-0.39, 0.29) is 24.8 Å². The Balaban J connectivity index is 0.00000140. The van der Waals surface area contributed by atoms with Gasteiger partial charge < -0.3 is 19.8 Å². The molecule has 1 aromatic carbocycles. The second kappa shape index (κ2) is 10.6. The van der Waals surface area contributed by atoms with E-state index in [0.29, 0.717) is 0 Å². The highest BCUT2D eigenvalue weighted by Gasteiger charge is 2.11. The molecule has 6 nitrogen and oxygen atoms in total. The molecule has 2 aromatic heterocycles. The predicted octanol–water partition coefficient (Wildman–Crippen LogP) is 4.36. The Bertz CT molecular complexity index is 968. The lowest BCUT2D eigenvalue weighted by molar-refractivity contribution is 0.301. The molecule has 0 radical (unpaired) electrons. The van der Waals surface area contributed by atoms with Crippen molar-refractivity contribution < 1.29 is 0 Å². The summed E-state index contributed by atoms with van der Waals surface area (Å²) in [6.07, 6.45) is 2.75. The number of H-pyrrole nitrogens is 1. The summed E-state index contributed by atoms with van der Waals surface area (Å²) in [6.45, 7) is 7.44. The molecule has 0 unspecified atom stereocenters. The van der Waals surface area contributed by atoms with Crippen LogP contribution < -0.4 is 5.32 Å². The molecule has 0 saturated carbocycles. The first-order valence-corrected chi connectivity index (χ1v) is 10.7. The van der Waals surface area contributed by atoms with E-state index in [9.17, 15) is 0 Å². The zero-order chi connectivity index (χ0) is 17.9. The number of hydrogen-bond donors (Lipinski definition) is 2. The van der Waals surface area contributed by atoms with Gasteiger partial charge in [-0.2, -0.15) is 11.8 Å². The molecule has 2 N–H and O–H groups in total. The Labute approximate surface area is 186 Å². The van der Waals surface area contributed by atoms with Gasteiger partial charge in [0.05, 0.1) is 16.6 Å². The summed E-state index contributed by atoms with van der Waals surface area (Å²) in [7, 11) is 0. The van der Waals surface area contributed by atoms with Gasteiger partial charge in [-0.1, -0.05) is 0 Å². The third-order valence-electron chi connectivity index (χ3n) is 4.89. The van der Waals surface area contributed by atoms with Crippen molar-refractivity contribution in [3.8, 4) is 0 Å². The van der Waals surface area contributed by atoms with E-state index >= 15 is 0 Å². The van der Waals surface area contributed by atoms with Crippen LogP contribution in [-0.4, -0.2) is 62.1 Å². The first kappa shape index (κ1) is 23.2. The summed E-state index contributed by atoms with van der Waals surface area (Å²) in [6, 6.07) is 4.20. The Kier molecular flexibility index (Phi) is 8.82. The van der Waals surface area contributed by atoms with E-state index in [4.69, 9.17) is 12.2 Å². The maximum absolute atomic E-state index is 5.42. The fourth-order valence-corrected chi connectivity index (χ4v) is 4.81. The number of imidazole rings is 1. The smallest absolute Gasteiger partial charge is 0.178 e. The third-order valence-corrected chi connectivity index (χ3v) is 6.16. The molecule has 10 heteroatoms. The summed E-state index contributed by atoms with van der Waals surface area (Å²) in [4.78, 5) is 14.7. The van der Waals surface area contributed by atoms with Crippen LogP contribution in [0.2, 0.25) is 0 Å². The molecule has 1 fully saturated rings. The predicted molar refractivity (Wildman–Crippen MR) is 127 cm³/mol. The number of hydrogen-bond acceptors (Lipinski definition) is 6. The first-order valence-electron chi connectivity index (χ1n) is 9.17. The summed E-state index contributed by atoms with van der Waals surface area (Å²) >= 11 is 7.48. The van der Waals surface area contributed by atoms with Crippen LogP contribution in [0.3, 0.4) is 0 Å². The molecule has 0 amide bonds. The lowest BCUT2D eigenvalue weighted by Gasteiger charge is -2.26. The molecular formula is C18H26Cl2N6S2. The van der Waals surface area contributed by atoms with Gasteiger partial charge in [0.25, 0.3) is 0 Å². The van der Waals surface area contributed by atoms with Crippen LogP contribution in [-0.2, 0) is 6.54 Å². The second-order valence-corrected chi connectivity index (χ2v) is 8.13. The van der Waals surface area contributed by atoms with Gasteiger partial charge in [-0.25, -0.2) is 9.97 Å². The van der Waals surface area contributed by atoms with Gasteiger partial charge in [-0.15, -0.1) is 24.8 Å². The monoisotopic (exact) mass is 460 g/mol.